The Morgan fingerprint density at radius 1 is 1.19 bits per heavy atom. The van der Waals surface area contributed by atoms with Crippen molar-refractivity contribution in [1.82, 2.24) is 4.90 Å². The molecule has 1 heterocycles. The van der Waals surface area contributed by atoms with Crippen LogP contribution in [0.15, 0.2) is 53.7 Å². The second-order valence-corrected chi connectivity index (χ2v) is 8.05. The van der Waals surface area contributed by atoms with Crippen molar-refractivity contribution < 1.29 is 27.2 Å². The predicted octanol–water partition coefficient (Wildman–Crippen LogP) is 5.41. The molecular weight excluding hydrogens is 412 g/mol. The summed E-state index contributed by atoms with van der Waals surface area (Å²) < 4.78 is 52.6. The summed E-state index contributed by atoms with van der Waals surface area (Å²) in [5.41, 5.74) is 0.798. The van der Waals surface area contributed by atoms with Gasteiger partial charge in [0.2, 0.25) is 5.91 Å². The summed E-state index contributed by atoms with van der Waals surface area (Å²) in [6.07, 6.45) is -4.27. The van der Waals surface area contributed by atoms with Crippen molar-refractivity contribution in [3.8, 4) is 0 Å². The van der Waals surface area contributed by atoms with Crippen molar-refractivity contribution in [3.05, 3.63) is 71.0 Å². The molecule has 0 fully saturated rings. The third kappa shape index (κ3) is 6.29. The van der Waals surface area contributed by atoms with Gasteiger partial charge in [-0.2, -0.15) is 13.2 Å². The minimum absolute atomic E-state index is 0.0324. The molecule has 8 heteroatoms. The molecule has 3 rings (SSSR count). The van der Waals surface area contributed by atoms with Crippen molar-refractivity contribution in [2.75, 3.05) is 6.54 Å². The molecule has 2 aromatic rings. The van der Waals surface area contributed by atoms with Gasteiger partial charge in [-0.15, -0.1) is 0 Å². The highest BCUT2D eigenvalue weighted by Crippen LogP contribution is 2.30. The Morgan fingerprint density at radius 3 is 2.61 bits per heavy atom. The van der Waals surface area contributed by atoms with E-state index in [0.717, 1.165) is 12.1 Å². The number of carbonyl (C=O) groups is 1. The van der Waals surface area contributed by atoms with Gasteiger partial charge in [-0.3, -0.25) is 4.79 Å². The summed E-state index contributed by atoms with van der Waals surface area (Å²) in [5.74, 6) is -0.461. The second-order valence-electron chi connectivity index (χ2n) is 8.05. The fourth-order valence-electron chi connectivity index (χ4n) is 3.41. The van der Waals surface area contributed by atoms with Gasteiger partial charge in [0.15, 0.2) is 6.10 Å². The van der Waals surface area contributed by atoms with Crippen LogP contribution in [0.1, 0.15) is 43.4 Å². The van der Waals surface area contributed by atoms with Crippen molar-refractivity contribution in [1.29, 1.82) is 0 Å². The Hall–Kier alpha value is -2.90. The molecule has 0 saturated heterocycles. The Labute approximate surface area is 178 Å². The minimum atomic E-state index is -4.45. The molecule has 0 saturated carbocycles. The number of alkyl halides is 3. The van der Waals surface area contributed by atoms with Crippen molar-refractivity contribution in [2.24, 2.45) is 11.1 Å². The van der Waals surface area contributed by atoms with Crippen LogP contribution in [-0.4, -0.2) is 29.2 Å². The maximum Gasteiger partial charge on any atom is 0.416 e. The molecule has 2 aromatic carbocycles. The van der Waals surface area contributed by atoms with Gasteiger partial charge < -0.3 is 9.74 Å². The van der Waals surface area contributed by atoms with Gasteiger partial charge in [-0.05, 0) is 35.7 Å². The Balaban J connectivity index is 1.72. The zero-order chi connectivity index (χ0) is 22.6. The molecule has 1 atom stereocenters. The number of hydrogen-bond acceptors (Lipinski definition) is 3. The van der Waals surface area contributed by atoms with Crippen LogP contribution in [0.5, 0.6) is 0 Å². The lowest BCUT2D eigenvalue weighted by Crippen LogP contribution is -2.37. The third-order valence-electron chi connectivity index (χ3n) is 4.88. The van der Waals surface area contributed by atoms with Gasteiger partial charge in [0.25, 0.3) is 0 Å². The number of amides is 1. The summed E-state index contributed by atoms with van der Waals surface area (Å²) >= 11 is 0. The molecule has 0 unspecified atom stereocenters. The monoisotopic (exact) mass is 436 g/mol. The van der Waals surface area contributed by atoms with E-state index in [4.69, 9.17) is 4.84 Å². The first-order valence-corrected chi connectivity index (χ1v) is 10.0. The number of rotatable bonds is 7. The molecule has 0 aromatic heterocycles. The van der Waals surface area contributed by atoms with E-state index in [9.17, 15) is 22.4 Å². The summed E-state index contributed by atoms with van der Waals surface area (Å²) in [5, 5.41) is 4.02. The average Bonchev–Trinajstić information content (AvgIpc) is 3.15. The van der Waals surface area contributed by atoms with E-state index >= 15 is 0 Å². The number of benzene rings is 2. The van der Waals surface area contributed by atoms with Gasteiger partial charge in [0.05, 0.1) is 17.8 Å². The molecule has 1 aliphatic rings. The van der Waals surface area contributed by atoms with Crippen LogP contribution in [0.2, 0.25) is 0 Å². The van der Waals surface area contributed by atoms with E-state index in [1.165, 1.54) is 23.1 Å². The van der Waals surface area contributed by atoms with E-state index in [1.54, 1.807) is 18.2 Å². The quantitative estimate of drug-likeness (QED) is 0.545. The highest BCUT2D eigenvalue weighted by molar-refractivity contribution is 6.01. The zero-order valence-electron chi connectivity index (χ0n) is 17.3. The third-order valence-corrected chi connectivity index (χ3v) is 4.88. The largest absolute Gasteiger partial charge is 0.416 e. The van der Waals surface area contributed by atoms with Crippen molar-refractivity contribution in [2.45, 2.75) is 45.5 Å². The van der Waals surface area contributed by atoms with Crippen LogP contribution in [0.3, 0.4) is 0 Å². The molecule has 4 nitrogen and oxygen atoms in total. The highest BCUT2D eigenvalue weighted by Gasteiger charge is 2.31. The maximum atomic E-state index is 13.5. The number of oxime groups is 1. The van der Waals surface area contributed by atoms with Crippen LogP contribution in [0.25, 0.3) is 0 Å². The molecule has 1 aliphatic heterocycles. The van der Waals surface area contributed by atoms with Gasteiger partial charge in [-0.1, -0.05) is 43.3 Å². The summed E-state index contributed by atoms with van der Waals surface area (Å²) in [7, 11) is 0. The van der Waals surface area contributed by atoms with E-state index in [0.29, 0.717) is 23.3 Å². The van der Waals surface area contributed by atoms with Gasteiger partial charge >= 0.3 is 6.18 Å². The fourth-order valence-corrected chi connectivity index (χ4v) is 3.41. The molecule has 0 aliphatic carbocycles. The molecule has 31 heavy (non-hydrogen) atoms. The van der Waals surface area contributed by atoms with Crippen LogP contribution in [-0.2, 0) is 22.4 Å². The first kappa shape index (κ1) is 22.8. The molecule has 1 amide bonds. The topological polar surface area (TPSA) is 41.9 Å². The number of hydrogen-bond donors (Lipinski definition) is 0. The molecule has 0 N–H and O–H groups in total. The highest BCUT2D eigenvalue weighted by atomic mass is 19.4. The smallest absolute Gasteiger partial charge is 0.390 e. The van der Waals surface area contributed by atoms with E-state index in [1.807, 2.05) is 13.8 Å². The van der Waals surface area contributed by atoms with Crippen molar-refractivity contribution in [3.63, 3.8) is 0 Å². The van der Waals surface area contributed by atoms with E-state index in [2.05, 4.69) is 5.16 Å². The van der Waals surface area contributed by atoms with Crippen LogP contribution in [0, 0.1) is 11.7 Å². The minimum Gasteiger partial charge on any atom is -0.390 e. The van der Waals surface area contributed by atoms with Gasteiger partial charge in [0, 0.05) is 24.9 Å². The molecule has 0 spiro atoms. The number of halogens is 4. The lowest BCUT2D eigenvalue weighted by Gasteiger charge is -2.26. The normalized spacial score (nSPS) is 16.2. The molecular formula is C23H24F4N2O2. The first-order valence-electron chi connectivity index (χ1n) is 10.0. The molecule has 166 valence electrons. The van der Waals surface area contributed by atoms with Crippen LogP contribution in [0.4, 0.5) is 17.6 Å². The van der Waals surface area contributed by atoms with E-state index in [-0.39, 0.29) is 37.2 Å². The second kappa shape index (κ2) is 9.49. The summed E-state index contributed by atoms with van der Waals surface area (Å²) in [6.45, 7) is 4.00. The van der Waals surface area contributed by atoms with Crippen molar-refractivity contribution >= 4 is 11.6 Å². The standard InChI is InChI=1S/C23H24F4N2O2/c1-15(2)9-22(30)29(13-16-5-3-7-18(10-16)23(25,26)27)14-20-12-21(28-31-20)17-6-4-8-19(24)11-17/h3-8,10-11,15,20H,9,12-14H2,1-2H3/t20-/m0/s1. The SMILES string of the molecule is CC(C)CC(=O)N(Cc1cccc(C(F)(F)F)c1)C[C@@H]1CC(c2cccc(F)c2)=NO1. The predicted molar refractivity (Wildman–Crippen MR) is 109 cm³/mol. The Kier molecular flexibility index (Phi) is 6.97. The van der Waals surface area contributed by atoms with Gasteiger partial charge in [-0.25, -0.2) is 4.39 Å². The molecule has 0 bridgehead atoms. The molecule has 0 radical (unpaired) electrons. The number of carbonyl (C=O) groups excluding carboxylic acids is 1. The lowest BCUT2D eigenvalue weighted by atomic mass is 10.0. The summed E-state index contributed by atoms with van der Waals surface area (Å²) in [6, 6.07) is 10.9. The fraction of sp³-hybridized carbons (Fsp3) is 0.391. The van der Waals surface area contributed by atoms with Gasteiger partial charge in [0.1, 0.15) is 5.82 Å². The first-order chi connectivity index (χ1) is 14.6. The Morgan fingerprint density at radius 2 is 1.94 bits per heavy atom. The van der Waals surface area contributed by atoms with Crippen LogP contribution >= 0.6 is 0 Å². The maximum absolute atomic E-state index is 13.5. The lowest BCUT2D eigenvalue weighted by molar-refractivity contribution is -0.137. The number of nitrogens with zero attached hydrogens (tertiary/aromatic N) is 2. The van der Waals surface area contributed by atoms with E-state index < -0.39 is 17.8 Å². The zero-order valence-corrected chi connectivity index (χ0v) is 17.3. The summed E-state index contributed by atoms with van der Waals surface area (Å²) in [4.78, 5) is 19.7. The Bertz CT molecular complexity index is 957. The van der Waals surface area contributed by atoms with Crippen LogP contribution < -0.4 is 0 Å². The average molecular weight is 436 g/mol.